The van der Waals surface area contributed by atoms with E-state index in [1.54, 1.807) is 53.3 Å². The Bertz CT molecular complexity index is 1020. The number of pyridine rings is 1. The molecule has 128 valence electrons. The summed E-state index contributed by atoms with van der Waals surface area (Å²) < 4.78 is 3.36. The second kappa shape index (κ2) is 6.64. The van der Waals surface area contributed by atoms with E-state index in [2.05, 4.69) is 20.4 Å². The summed E-state index contributed by atoms with van der Waals surface area (Å²) in [6.45, 7) is 0. The molecule has 0 atom stereocenters. The summed E-state index contributed by atoms with van der Waals surface area (Å²) in [5.41, 5.74) is 2.81. The van der Waals surface area contributed by atoms with E-state index >= 15 is 0 Å². The molecule has 3 heterocycles. The topological polar surface area (TPSA) is 77.6 Å². The minimum absolute atomic E-state index is 0.237. The number of amides is 1. The fraction of sp³-hybridized carbons (Fsp3) is 0.0526. The van der Waals surface area contributed by atoms with Gasteiger partial charge in [-0.1, -0.05) is 30.3 Å². The first kappa shape index (κ1) is 15.8. The maximum Gasteiger partial charge on any atom is 0.273 e. The van der Waals surface area contributed by atoms with Crippen LogP contribution in [0.2, 0.25) is 0 Å². The van der Waals surface area contributed by atoms with Crippen molar-refractivity contribution in [1.29, 1.82) is 0 Å². The number of carbonyl (C=O) groups is 1. The van der Waals surface area contributed by atoms with Crippen LogP contribution in [0, 0.1) is 0 Å². The number of carbonyl (C=O) groups excluding carboxylic acids is 1. The predicted molar refractivity (Wildman–Crippen MR) is 98.0 cm³/mol. The number of aromatic nitrogens is 5. The van der Waals surface area contributed by atoms with Gasteiger partial charge in [0.25, 0.3) is 5.91 Å². The van der Waals surface area contributed by atoms with Gasteiger partial charge >= 0.3 is 0 Å². The van der Waals surface area contributed by atoms with Crippen molar-refractivity contribution in [1.82, 2.24) is 24.3 Å². The summed E-state index contributed by atoms with van der Waals surface area (Å²) in [6.07, 6.45) is 6.77. The molecule has 0 aliphatic heterocycles. The minimum Gasteiger partial charge on any atom is -0.319 e. The van der Waals surface area contributed by atoms with Crippen LogP contribution in [0.1, 0.15) is 10.5 Å². The maximum atomic E-state index is 12.6. The van der Waals surface area contributed by atoms with Crippen molar-refractivity contribution in [2.24, 2.45) is 7.05 Å². The lowest BCUT2D eigenvalue weighted by Crippen LogP contribution is -2.16. The van der Waals surface area contributed by atoms with E-state index in [4.69, 9.17) is 0 Å². The van der Waals surface area contributed by atoms with E-state index in [1.165, 1.54) is 0 Å². The summed E-state index contributed by atoms with van der Waals surface area (Å²) in [5, 5.41) is 7.27. The third-order valence-corrected chi connectivity index (χ3v) is 3.96. The highest BCUT2D eigenvalue weighted by atomic mass is 16.2. The molecule has 1 N–H and O–H groups in total. The Balaban J connectivity index is 1.52. The number of benzene rings is 1. The highest BCUT2D eigenvalue weighted by molar-refractivity contribution is 6.03. The minimum atomic E-state index is -0.237. The molecule has 4 rings (SSSR count). The van der Waals surface area contributed by atoms with E-state index in [0.717, 1.165) is 17.1 Å². The molecule has 0 unspecified atom stereocenters. The zero-order valence-electron chi connectivity index (χ0n) is 14.1. The molecule has 0 aliphatic rings. The van der Waals surface area contributed by atoms with Gasteiger partial charge in [0.05, 0.1) is 17.6 Å². The van der Waals surface area contributed by atoms with Crippen molar-refractivity contribution in [3.63, 3.8) is 0 Å². The number of hydrogen-bond donors (Lipinski definition) is 1. The van der Waals surface area contributed by atoms with Crippen LogP contribution >= 0.6 is 0 Å². The first-order valence-electron chi connectivity index (χ1n) is 8.06. The summed E-state index contributed by atoms with van der Waals surface area (Å²) in [5.74, 6) is 0.492. The number of anilines is 1. The first-order chi connectivity index (χ1) is 12.7. The van der Waals surface area contributed by atoms with Crippen LogP contribution in [-0.2, 0) is 7.05 Å². The van der Waals surface area contributed by atoms with Crippen LogP contribution < -0.4 is 5.32 Å². The van der Waals surface area contributed by atoms with Crippen LogP contribution in [0.3, 0.4) is 0 Å². The Morgan fingerprint density at radius 3 is 2.65 bits per heavy atom. The van der Waals surface area contributed by atoms with E-state index in [1.807, 2.05) is 36.4 Å². The van der Waals surface area contributed by atoms with Gasteiger partial charge < -0.3 is 5.32 Å². The second-order valence-electron chi connectivity index (χ2n) is 5.73. The lowest BCUT2D eigenvalue weighted by atomic mass is 10.1. The monoisotopic (exact) mass is 344 g/mol. The zero-order valence-corrected chi connectivity index (χ0v) is 14.1. The molecule has 0 aliphatic carbocycles. The summed E-state index contributed by atoms with van der Waals surface area (Å²) in [4.78, 5) is 20.9. The van der Waals surface area contributed by atoms with Crippen LogP contribution in [0.25, 0.3) is 17.1 Å². The molecule has 0 bridgehead atoms. The Morgan fingerprint density at radius 1 is 1.12 bits per heavy atom. The molecule has 7 heteroatoms. The standard InChI is InChI=1S/C19H16N6O/c1-24-17(11-16(23-24)14-5-3-2-4-6-14)19(26)22-15-7-8-18(21-12-15)25-10-9-20-13-25/h2-13H,1H3,(H,22,26). The van der Waals surface area contributed by atoms with Crippen molar-refractivity contribution in [3.8, 4) is 17.1 Å². The average molecular weight is 344 g/mol. The molecule has 1 aromatic carbocycles. The van der Waals surface area contributed by atoms with Crippen LogP contribution in [0.4, 0.5) is 5.69 Å². The summed E-state index contributed by atoms with van der Waals surface area (Å²) in [6, 6.07) is 15.1. The van der Waals surface area contributed by atoms with E-state index in [0.29, 0.717) is 11.4 Å². The third-order valence-electron chi connectivity index (χ3n) is 3.96. The smallest absolute Gasteiger partial charge is 0.273 e. The van der Waals surface area contributed by atoms with Gasteiger partial charge in [0.1, 0.15) is 17.8 Å². The molecule has 7 nitrogen and oxygen atoms in total. The fourth-order valence-corrected chi connectivity index (χ4v) is 2.63. The molecule has 0 saturated carbocycles. The van der Waals surface area contributed by atoms with Gasteiger partial charge in [-0.25, -0.2) is 9.97 Å². The SMILES string of the molecule is Cn1nc(-c2ccccc2)cc1C(=O)Nc1ccc(-n2ccnc2)nc1. The Hall–Kier alpha value is -3.74. The molecule has 26 heavy (non-hydrogen) atoms. The number of nitrogens with zero attached hydrogens (tertiary/aromatic N) is 5. The normalized spacial score (nSPS) is 10.7. The number of imidazole rings is 1. The zero-order chi connectivity index (χ0) is 17.9. The Labute approximate surface area is 150 Å². The number of aryl methyl sites for hydroxylation is 1. The third kappa shape index (κ3) is 3.10. The lowest BCUT2D eigenvalue weighted by Gasteiger charge is -2.06. The Kier molecular flexibility index (Phi) is 4.03. The summed E-state index contributed by atoms with van der Waals surface area (Å²) >= 11 is 0. The van der Waals surface area contributed by atoms with Gasteiger partial charge in [0.15, 0.2) is 0 Å². The van der Waals surface area contributed by atoms with Crippen molar-refractivity contribution in [2.45, 2.75) is 0 Å². The molecule has 3 aromatic heterocycles. The Morgan fingerprint density at radius 2 is 1.96 bits per heavy atom. The lowest BCUT2D eigenvalue weighted by molar-refractivity contribution is 0.101. The van der Waals surface area contributed by atoms with Gasteiger partial charge in [-0.15, -0.1) is 0 Å². The molecule has 0 fully saturated rings. The number of hydrogen-bond acceptors (Lipinski definition) is 4. The van der Waals surface area contributed by atoms with E-state index in [-0.39, 0.29) is 5.91 Å². The van der Waals surface area contributed by atoms with E-state index in [9.17, 15) is 4.79 Å². The molecular weight excluding hydrogens is 328 g/mol. The highest BCUT2D eigenvalue weighted by Crippen LogP contribution is 2.19. The fourth-order valence-electron chi connectivity index (χ4n) is 2.63. The van der Waals surface area contributed by atoms with Gasteiger partial charge in [0, 0.05) is 25.0 Å². The average Bonchev–Trinajstić information content (AvgIpc) is 3.33. The number of rotatable bonds is 4. The van der Waals surface area contributed by atoms with Crippen LogP contribution in [-0.4, -0.2) is 30.2 Å². The van der Waals surface area contributed by atoms with Crippen molar-refractivity contribution in [2.75, 3.05) is 5.32 Å². The first-order valence-corrected chi connectivity index (χ1v) is 8.06. The van der Waals surface area contributed by atoms with Crippen LogP contribution in [0.15, 0.2) is 73.4 Å². The quantitative estimate of drug-likeness (QED) is 0.617. The van der Waals surface area contributed by atoms with Gasteiger partial charge in [0.2, 0.25) is 0 Å². The number of nitrogens with one attached hydrogen (secondary N) is 1. The molecule has 4 aromatic rings. The largest absolute Gasteiger partial charge is 0.319 e. The second-order valence-corrected chi connectivity index (χ2v) is 5.73. The molecular formula is C19H16N6O. The van der Waals surface area contributed by atoms with E-state index < -0.39 is 0 Å². The maximum absolute atomic E-state index is 12.6. The van der Waals surface area contributed by atoms with Crippen molar-refractivity contribution in [3.05, 3.63) is 79.1 Å². The molecule has 0 saturated heterocycles. The van der Waals surface area contributed by atoms with Crippen LogP contribution in [0.5, 0.6) is 0 Å². The van der Waals surface area contributed by atoms with Gasteiger partial charge in [-0.2, -0.15) is 5.10 Å². The highest BCUT2D eigenvalue weighted by Gasteiger charge is 2.14. The molecule has 1 amide bonds. The molecule has 0 radical (unpaired) electrons. The van der Waals surface area contributed by atoms with Crippen molar-refractivity contribution < 1.29 is 4.79 Å². The predicted octanol–water partition coefficient (Wildman–Crippen LogP) is 2.92. The van der Waals surface area contributed by atoms with Gasteiger partial charge in [-0.05, 0) is 18.2 Å². The van der Waals surface area contributed by atoms with Crippen molar-refractivity contribution >= 4 is 11.6 Å². The van der Waals surface area contributed by atoms with Gasteiger partial charge in [-0.3, -0.25) is 14.0 Å². The summed E-state index contributed by atoms with van der Waals surface area (Å²) in [7, 11) is 1.75. The molecule has 0 spiro atoms.